The number of nitrogens with one attached hydrogen (secondary N) is 1. The summed E-state index contributed by atoms with van der Waals surface area (Å²) in [6.07, 6.45) is 3.62. The number of aromatic nitrogens is 1. The van der Waals surface area contributed by atoms with Crippen LogP contribution in [0.3, 0.4) is 0 Å². The van der Waals surface area contributed by atoms with E-state index in [1.165, 1.54) is 0 Å². The molecular weight excluding hydrogens is 366 g/mol. The largest absolute Gasteiger partial charge is 0.321 e. The van der Waals surface area contributed by atoms with Crippen LogP contribution in [0.4, 0.5) is 0 Å². The lowest BCUT2D eigenvalue weighted by atomic mass is 10.2. The number of amides is 1. The number of benzene rings is 2. The first-order valence-electron chi connectivity index (χ1n) is 7.47. The first-order chi connectivity index (χ1) is 11.6. The van der Waals surface area contributed by atoms with Crippen molar-refractivity contribution in [1.29, 1.82) is 0 Å². The number of para-hydroxylation sites is 1. The van der Waals surface area contributed by atoms with Crippen molar-refractivity contribution in [2.45, 2.75) is 6.92 Å². The zero-order valence-corrected chi connectivity index (χ0v) is 14.7. The van der Waals surface area contributed by atoms with Crippen molar-refractivity contribution in [3.63, 3.8) is 0 Å². The van der Waals surface area contributed by atoms with Crippen LogP contribution in [0.2, 0.25) is 0 Å². The zero-order chi connectivity index (χ0) is 16.9. The van der Waals surface area contributed by atoms with E-state index in [0.29, 0.717) is 5.56 Å². The van der Waals surface area contributed by atoms with Crippen LogP contribution in [-0.4, -0.2) is 16.7 Å². The van der Waals surface area contributed by atoms with Crippen LogP contribution in [0, 0.1) is 6.92 Å². The molecule has 2 aromatic carbocycles. The molecule has 0 fully saturated rings. The highest BCUT2D eigenvalue weighted by Gasteiger charge is 2.07. The van der Waals surface area contributed by atoms with Gasteiger partial charge in [-0.2, -0.15) is 5.10 Å². The molecular formula is C19H16BrN3O. The van der Waals surface area contributed by atoms with E-state index in [-0.39, 0.29) is 5.91 Å². The Morgan fingerprint density at radius 1 is 1.12 bits per heavy atom. The number of hydrogen-bond acceptors (Lipinski definition) is 2. The third kappa shape index (κ3) is 3.63. The van der Waals surface area contributed by atoms with Crippen LogP contribution in [0.1, 0.15) is 21.6 Å². The minimum absolute atomic E-state index is 0.252. The molecule has 1 N–H and O–H groups in total. The molecule has 0 aliphatic heterocycles. The molecule has 120 valence electrons. The maximum Gasteiger partial charge on any atom is 0.272 e. The number of carbonyl (C=O) groups excluding carboxylic acids is 1. The number of hydrogen-bond donors (Lipinski definition) is 1. The summed E-state index contributed by atoms with van der Waals surface area (Å²) < 4.78 is 2.82. The summed E-state index contributed by atoms with van der Waals surface area (Å²) >= 11 is 3.36. The van der Waals surface area contributed by atoms with E-state index >= 15 is 0 Å². The summed E-state index contributed by atoms with van der Waals surface area (Å²) in [5.74, 6) is -0.252. The molecule has 1 heterocycles. The molecule has 0 spiro atoms. The van der Waals surface area contributed by atoms with Crippen LogP contribution >= 0.6 is 15.9 Å². The molecule has 0 saturated heterocycles. The summed E-state index contributed by atoms with van der Waals surface area (Å²) in [6.45, 7) is 2.03. The number of hydrazone groups is 1. The first-order valence-corrected chi connectivity index (χ1v) is 8.27. The van der Waals surface area contributed by atoms with Crippen LogP contribution in [0.5, 0.6) is 0 Å². The van der Waals surface area contributed by atoms with Gasteiger partial charge in [-0.05, 0) is 53.2 Å². The van der Waals surface area contributed by atoms with Gasteiger partial charge in [-0.1, -0.05) is 30.3 Å². The molecule has 0 atom stereocenters. The van der Waals surface area contributed by atoms with Gasteiger partial charge in [0.25, 0.3) is 5.91 Å². The van der Waals surface area contributed by atoms with Gasteiger partial charge >= 0.3 is 0 Å². The van der Waals surface area contributed by atoms with Gasteiger partial charge in [0.15, 0.2) is 0 Å². The molecule has 4 nitrogen and oxygen atoms in total. The molecule has 0 bridgehead atoms. The highest BCUT2D eigenvalue weighted by atomic mass is 79.9. The Bertz CT molecular complexity index is 885. The highest BCUT2D eigenvalue weighted by molar-refractivity contribution is 9.10. The van der Waals surface area contributed by atoms with E-state index in [1.807, 2.05) is 67.7 Å². The second-order valence-corrected chi connectivity index (χ2v) is 6.15. The van der Waals surface area contributed by atoms with E-state index in [9.17, 15) is 4.79 Å². The minimum atomic E-state index is -0.252. The maximum atomic E-state index is 12.1. The second kappa shape index (κ2) is 7.27. The quantitative estimate of drug-likeness (QED) is 0.531. The van der Waals surface area contributed by atoms with Gasteiger partial charge in [-0.25, -0.2) is 5.43 Å². The minimum Gasteiger partial charge on any atom is -0.321 e. The first kappa shape index (κ1) is 16.2. The Labute approximate surface area is 149 Å². The molecule has 0 radical (unpaired) electrons. The van der Waals surface area contributed by atoms with E-state index in [1.54, 1.807) is 12.3 Å². The molecule has 0 aliphatic rings. The predicted octanol–water partition coefficient (Wildman–Crippen LogP) is 4.31. The SMILES string of the molecule is Cc1cc(/C=N\NC(=O)c2ccccc2Br)cn1-c1ccccc1. The lowest BCUT2D eigenvalue weighted by Gasteiger charge is -2.04. The highest BCUT2D eigenvalue weighted by Crippen LogP contribution is 2.16. The van der Waals surface area contributed by atoms with Crippen LogP contribution in [0.15, 0.2) is 76.4 Å². The zero-order valence-electron chi connectivity index (χ0n) is 13.1. The number of halogens is 1. The lowest BCUT2D eigenvalue weighted by molar-refractivity contribution is 0.0954. The van der Waals surface area contributed by atoms with E-state index < -0.39 is 0 Å². The van der Waals surface area contributed by atoms with Gasteiger partial charge in [0.1, 0.15) is 0 Å². The van der Waals surface area contributed by atoms with Gasteiger partial charge in [-0.15, -0.1) is 0 Å². The molecule has 0 unspecified atom stereocenters. The van der Waals surface area contributed by atoms with Crippen molar-refractivity contribution in [3.8, 4) is 5.69 Å². The standard InChI is InChI=1S/C19H16BrN3O/c1-14-11-15(13-23(14)16-7-3-2-4-8-16)12-21-22-19(24)17-9-5-6-10-18(17)20/h2-13H,1H3,(H,22,24)/b21-12-. The number of nitrogens with zero attached hydrogens (tertiary/aromatic N) is 2. The molecule has 1 aromatic heterocycles. The van der Waals surface area contributed by atoms with Gasteiger partial charge in [0.2, 0.25) is 0 Å². The van der Waals surface area contributed by atoms with Crippen LogP contribution in [-0.2, 0) is 0 Å². The average molecular weight is 382 g/mol. The van der Waals surface area contributed by atoms with Crippen molar-refractivity contribution in [3.05, 3.63) is 88.2 Å². The van der Waals surface area contributed by atoms with Gasteiger partial charge in [0.05, 0.1) is 11.8 Å². The van der Waals surface area contributed by atoms with Crippen LogP contribution in [0.25, 0.3) is 5.69 Å². The Morgan fingerprint density at radius 3 is 2.58 bits per heavy atom. The number of carbonyl (C=O) groups is 1. The summed E-state index contributed by atoms with van der Waals surface area (Å²) in [5.41, 5.74) is 6.20. The fourth-order valence-electron chi connectivity index (χ4n) is 2.41. The average Bonchev–Trinajstić information content (AvgIpc) is 2.96. The maximum absolute atomic E-state index is 12.1. The lowest BCUT2D eigenvalue weighted by Crippen LogP contribution is -2.17. The van der Waals surface area contributed by atoms with Crippen molar-refractivity contribution in [2.75, 3.05) is 0 Å². The summed E-state index contributed by atoms with van der Waals surface area (Å²) in [4.78, 5) is 12.1. The summed E-state index contributed by atoms with van der Waals surface area (Å²) in [6, 6.07) is 19.3. The Balaban J connectivity index is 1.72. The normalized spacial score (nSPS) is 10.9. The van der Waals surface area contributed by atoms with Gasteiger partial charge < -0.3 is 4.57 Å². The molecule has 24 heavy (non-hydrogen) atoms. The molecule has 0 saturated carbocycles. The third-order valence-corrected chi connectivity index (χ3v) is 4.26. The molecule has 3 rings (SSSR count). The van der Waals surface area contributed by atoms with Crippen LogP contribution < -0.4 is 5.43 Å². The molecule has 3 aromatic rings. The van der Waals surface area contributed by atoms with E-state index in [2.05, 4.69) is 31.0 Å². The number of aryl methyl sites for hydroxylation is 1. The second-order valence-electron chi connectivity index (χ2n) is 5.30. The van der Waals surface area contributed by atoms with Crippen molar-refractivity contribution < 1.29 is 4.79 Å². The fraction of sp³-hybridized carbons (Fsp3) is 0.0526. The van der Waals surface area contributed by atoms with Crippen molar-refractivity contribution in [2.24, 2.45) is 5.10 Å². The Hall–Kier alpha value is -2.66. The smallest absolute Gasteiger partial charge is 0.272 e. The van der Waals surface area contributed by atoms with E-state index in [4.69, 9.17) is 0 Å². The topological polar surface area (TPSA) is 46.4 Å². The van der Waals surface area contributed by atoms with Gasteiger partial charge in [-0.3, -0.25) is 4.79 Å². The third-order valence-electron chi connectivity index (χ3n) is 3.57. The monoisotopic (exact) mass is 381 g/mol. The Kier molecular flexibility index (Phi) is 4.91. The van der Waals surface area contributed by atoms with E-state index in [0.717, 1.165) is 21.4 Å². The predicted molar refractivity (Wildman–Crippen MR) is 99.7 cm³/mol. The van der Waals surface area contributed by atoms with Crippen molar-refractivity contribution in [1.82, 2.24) is 9.99 Å². The molecule has 0 aliphatic carbocycles. The van der Waals surface area contributed by atoms with Gasteiger partial charge in [0, 0.05) is 27.6 Å². The number of rotatable bonds is 4. The Morgan fingerprint density at radius 2 is 1.83 bits per heavy atom. The summed E-state index contributed by atoms with van der Waals surface area (Å²) in [7, 11) is 0. The fourth-order valence-corrected chi connectivity index (χ4v) is 2.87. The molecule has 5 heteroatoms. The molecule has 1 amide bonds. The summed E-state index contributed by atoms with van der Waals surface area (Å²) in [5, 5.41) is 4.05. The van der Waals surface area contributed by atoms with Crippen molar-refractivity contribution >= 4 is 28.1 Å².